The van der Waals surface area contributed by atoms with E-state index in [1.807, 2.05) is 0 Å². The molecule has 0 spiro atoms. The third-order valence-electron chi connectivity index (χ3n) is 8.10. The summed E-state index contributed by atoms with van der Waals surface area (Å²) < 4.78 is 78.2. The summed E-state index contributed by atoms with van der Waals surface area (Å²) in [7, 11) is -10.8. The van der Waals surface area contributed by atoms with Gasteiger partial charge in [-0.3, -0.25) is 33.3 Å². The number of ether oxygens (including phenoxy) is 3. The molecule has 0 atom stereocenters. The zero-order valence-electron chi connectivity index (χ0n) is 39.1. The Morgan fingerprint density at radius 1 is 0.565 bits per heavy atom. The second kappa shape index (κ2) is 25.4. The number of nitrogens with two attached hydrogens (primary N) is 3. The zero-order chi connectivity index (χ0) is 51.3. The Morgan fingerprint density at radius 3 is 1.25 bits per heavy atom. The number of aromatic nitrogens is 12. The number of nitrogen functional groups attached to an aromatic ring is 3. The van der Waals surface area contributed by atoms with Gasteiger partial charge in [-0.25, -0.2) is 15.0 Å². The van der Waals surface area contributed by atoms with E-state index in [0.717, 1.165) is 0 Å². The summed E-state index contributed by atoms with van der Waals surface area (Å²) in [4.78, 5) is 73.2. The van der Waals surface area contributed by atoms with E-state index in [0.29, 0.717) is 35.5 Å². The van der Waals surface area contributed by atoms with Gasteiger partial charge in [0.05, 0.1) is 63.2 Å². The molecule has 0 unspecified atom stereocenters. The Bertz CT molecular complexity index is 2850. The van der Waals surface area contributed by atoms with Crippen molar-refractivity contribution in [1.29, 1.82) is 0 Å². The first-order valence-electron chi connectivity index (χ1n) is 21.0. The molecule has 69 heavy (non-hydrogen) atoms. The first-order valence-corrected chi connectivity index (χ1v) is 26.6. The zero-order valence-corrected chi connectivity index (χ0v) is 42.6. The normalized spacial score (nSPS) is 12.4. The number of aromatic amines is 2. The summed E-state index contributed by atoms with van der Waals surface area (Å²) in [6.07, 6.45) is 2.53. The highest BCUT2D eigenvalue weighted by Gasteiger charge is 2.29. The van der Waals surface area contributed by atoms with Crippen LogP contribution in [0.2, 0.25) is 5.15 Å². The molecule has 33 heteroatoms. The summed E-state index contributed by atoms with van der Waals surface area (Å²) in [5.74, 6) is 0.0519. The highest BCUT2D eigenvalue weighted by Crippen LogP contribution is 2.51. The Morgan fingerprint density at radius 2 is 0.899 bits per heavy atom. The number of H-pyrrole nitrogens is 2. The third-order valence-corrected chi connectivity index (χ3v) is 12.8. The molecule has 0 bridgehead atoms. The van der Waals surface area contributed by atoms with Crippen LogP contribution < -0.4 is 28.3 Å². The number of rotatable bonds is 23. The minimum Gasteiger partial charge on any atom is -0.369 e. The van der Waals surface area contributed by atoms with E-state index < -0.39 is 40.3 Å². The van der Waals surface area contributed by atoms with Gasteiger partial charge in [-0.15, -0.1) is 0 Å². The predicted molar refractivity (Wildman–Crippen MR) is 254 cm³/mol. The van der Waals surface area contributed by atoms with E-state index >= 15 is 0 Å². The van der Waals surface area contributed by atoms with Crippen LogP contribution in [0.3, 0.4) is 0 Å². The standard InChI is InChI=1S/C14H23ClN5O4P.C14H24N5O5P.C8H12N5O5P/c1-9(2)23-25(21,24-10(3)4)8-22-6-5-20-7-17-11-12(15)18-14(16)19-13(11)20;1-9(2)23-25(21,24-10(3)4)8-22-6-5-19-7-16-11-12(19)17-14(15)18-13(11)20;9-8-11-6-5(7(14)12-8)10-3-13(6)1-2-18-4-19(15,16)17/h7,9-10H,5-6,8H2,1-4H3,(H2,16,18,19);7,9-10H,5-6,8H2,1-4H3,(H3,15,17,18,20);3H,1-2,4H2,(H2,15,16,17)(H3,9,11,12,14). The largest absolute Gasteiger partial charge is 0.369 e. The molecular weight excluding hydrogens is 995 g/mol. The highest BCUT2D eigenvalue weighted by molar-refractivity contribution is 7.54. The first-order chi connectivity index (χ1) is 32.3. The van der Waals surface area contributed by atoms with Crippen LogP contribution in [0.15, 0.2) is 28.6 Å². The van der Waals surface area contributed by atoms with Crippen molar-refractivity contribution in [2.45, 2.75) is 99.4 Å². The van der Waals surface area contributed by atoms with E-state index in [1.54, 1.807) is 70.9 Å². The van der Waals surface area contributed by atoms with Gasteiger partial charge < -0.3 is 73.0 Å². The van der Waals surface area contributed by atoms with Gasteiger partial charge in [0.2, 0.25) is 17.8 Å². The van der Waals surface area contributed by atoms with Crippen molar-refractivity contribution < 1.29 is 55.8 Å². The summed E-state index contributed by atoms with van der Waals surface area (Å²) >= 11 is 5.99. The number of fused-ring (bicyclic) bond motifs is 3. The fraction of sp³-hybridized carbons (Fsp3) is 0.583. The molecule has 0 aliphatic heterocycles. The summed E-state index contributed by atoms with van der Waals surface area (Å²) in [6, 6.07) is 0. The molecule has 0 saturated carbocycles. The number of nitrogens with zero attached hydrogens (tertiary/aromatic N) is 10. The molecule has 6 heterocycles. The van der Waals surface area contributed by atoms with E-state index in [1.165, 1.54) is 17.2 Å². The van der Waals surface area contributed by atoms with Crippen LogP contribution in [0.5, 0.6) is 0 Å². The van der Waals surface area contributed by atoms with Crippen molar-refractivity contribution in [3.63, 3.8) is 0 Å². The van der Waals surface area contributed by atoms with Crippen LogP contribution in [-0.4, -0.2) is 132 Å². The lowest BCUT2D eigenvalue weighted by molar-refractivity contribution is 0.0956. The van der Waals surface area contributed by atoms with E-state index in [4.69, 9.17) is 70.9 Å². The molecule has 0 saturated heterocycles. The van der Waals surface area contributed by atoms with Gasteiger partial charge in [0.1, 0.15) is 24.6 Å². The summed E-state index contributed by atoms with van der Waals surface area (Å²) in [5.41, 5.74) is 17.7. The predicted octanol–water partition coefficient (Wildman–Crippen LogP) is 3.65. The molecule has 0 aliphatic carbocycles. The van der Waals surface area contributed by atoms with Gasteiger partial charge in [0.15, 0.2) is 33.1 Å². The maximum absolute atomic E-state index is 12.7. The van der Waals surface area contributed by atoms with Gasteiger partial charge >= 0.3 is 22.8 Å². The number of hydrogen-bond donors (Lipinski definition) is 7. The molecule has 0 amide bonds. The lowest BCUT2D eigenvalue weighted by Crippen LogP contribution is -2.14. The van der Waals surface area contributed by atoms with Crippen LogP contribution in [0.1, 0.15) is 55.4 Å². The minimum atomic E-state index is -4.17. The Balaban J connectivity index is 0.000000228. The number of halogens is 1. The van der Waals surface area contributed by atoms with Crippen LogP contribution in [0, 0.1) is 0 Å². The monoisotopic (exact) mass is 1050 g/mol. The second-order valence-corrected chi connectivity index (χ2v) is 21.5. The van der Waals surface area contributed by atoms with Crippen molar-refractivity contribution >= 4 is 85.7 Å². The molecule has 6 aromatic rings. The molecule has 384 valence electrons. The topological polar surface area (TPSA) is 405 Å². The minimum absolute atomic E-state index is 0.0142. The van der Waals surface area contributed by atoms with E-state index in [-0.39, 0.29) is 97.5 Å². The lowest BCUT2D eigenvalue weighted by Gasteiger charge is -2.22. The smallest absolute Gasteiger partial charge is 0.356 e. The maximum atomic E-state index is 12.7. The number of hydrogen-bond acceptors (Lipinski definition) is 22. The molecule has 6 aromatic heterocycles. The molecule has 10 N–H and O–H groups in total. The molecule has 29 nitrogen and oxygen atoms in total. The van der Waals surface area contributed by atoms with Gasteiger partial charge in [-0.1, -0.05) is 11.6 Å². The van der Waals surface area contributed by atoms with Crippen molar-refractivity contribution in [2.75, 3.05) is 56.1 Å². The Kier molecular flexibility index (Phi) is 20.9. The average molecular weight is 1050 g/mol. The van der Waals surface area contributed by atoms with Crippen molar-refractivity contribution in [3.05, 3.63) is 44.8 Å². The molecule has 0 fully saturated rings. The highest BCUT2D eigenvalue weighted by atomic mass is 35.5. The molecule has 0 aromatic carbocycles. The molecule has 0 aliphatic rings. The van der Waals surface area contributed by atoms with Crippen molar-refractivity contribution in [1.82, 2.24) is 58.6 Å². The fourth-order valence-corrected chi connectivity index (χ4v) is 10.0. The quantitative estimate of drug-likeness (QED) is 0.0273. The van der Waals surface area contributed by atoms with Crippen LogP contribution in [0.25, 0.3) is 33.5 Å². The van der Waals surface area contributed by atoms with Gasteiger partial charge in [0.25, 0.3) is 11.1 Å². The third kappa shape index (κ3) is 18.2. The van der Waals surface area contributed by atoms with E-state index in [2.05, 4.69) is 44.9 Å². The first kappa shape index (κ1) is 56.9. The summed E-state index contributed by atoms with van der Waals surface area (Å²) in [6.45, 7) is 15.8. The fourth-order valence-electron chi connectivity index (χ4n) is 5.84. The maximum Gasteiger partial charge on any atom is 0.356 e. The average Bonchev–Trinajstić information content (AvgIpc) is 3.93. The number of nitrogens with one attached hydrogen (secondary N) is 2. The van der Waals surface area contributed by atoms with Crippen LogP contribution in [0.4, 0.5) is 17.8 Å². The summed E-state index contributed by atoms with van der Waals surface area (Å²) in [5, 5.41) is 0.197. The van der Waals surface area contributed by atoms with Gasteiger partial charge in [0, 0.05) is 19.6 Å². The number of anilines is 3. The van der Waals surface area contributed by atoms with Gasteiger partial charge in [-0.2, -0.15) is 19.9 Å². The van der Waals surface area contributed by atoms with Crippen molar-refractivity contribution in [2.24, 2.45) is 0 Å². The van der Waals surface area contributed by atoms with Gasteiger partial charge in [-0.05, 0) is 55.4 Å². The lowest BCUT2D eigenvalue weighted by atomic mass is 10.5. The second-order valence-electron chi connectivity index (χ2n) is 15.7. The Hall–Kier alpha value is -4.73. The molecular formula is C36H59ClN15O14P3. The van der Waals surface area contributed by atoms with E-state index in [9.17, 15) is 23.3 Å². The molecule has 6 rings (SSSR count). The number of imidazole rings is 3. The molecule has 0 radical (unpaired) electrons. The van der Waals surface area contributed by atoms with Crippen LogP contribution in [-0.2, 0) is 65.6 Å². The van der Waals surface area contributed by atoms with Crippen molar-refractivity contribution in [3.8, 4) is 0 Å². The SMILES string of the molecule is CC(C)OP(=O)(COCCn1cnc2c(=O)[nH]c(N)nc21)OC(C)C.CC(C)OP(=O)(COCCn1cnc2c(Cl)nc(N)nc21)OC(C)C.Nc1nc2c(ncn2CCOCP(=O)(O)O)c(=O)[nH]1. The van der Waals surface area contributed by atoms with Crippen LogP contribution >= 0.6 is 34.4 Å². The Labute approximate surface area is 399 Å².